The van der Waals surface area contributed by atoms with Crippen LogP contribution in [0.5, 0.6) is 0 Å². The molecule has 0 saturated carbocycles. The lowest BCUT2D eigenvalue weighted by Gasteiger charge is -2.09. The van der Waals surface area contributed by atoms with E-state index < -0.39 is 18.6 Å². The summed E-state index contributed by atoms with van der Waals surface area (Å²) in [6.45, 7) is -1.38. The van der Waals surface area contributed by atoms with Crippen LogP contribution in [-0.4, -0.2) is 24.5 Å². The van der Waals surface area contributed by atoms with Crippen molar-refractivity contribution < 1.29 is 22.8 Å². The molecule has 4 nitrogen and oxygen atoms in total. The molecule has 8 heteroatoms. The second-order valence-corrected chi connectivity index (χ2v) is 6.39. The molecule has 0 saturated heterocycles. The lowest BCUT2D eigenvalue weighted by molar-refractivity contribution is -0.123. The van der Waals surface area contributed by atoms with Crippen molar-refractivity contribution in [2.45, 2.75) is 25.4 Å². The first-order chi connectivity index (χ1) is 11.8. The molecule has 1 aromatic carbocycles. The van der Waals surface area contributed by atoms with Crippen LogP contribution >= 0.6 is 11.3 Å². The van der Waals surface area contributed by atoms with Gasteiger partial charge < -0.3 is 10.6 Å². The minimum Gasteiger partial charge on any atom is -0.343 e. The van der Waals surface area contributed by atoms with Crippen LogP contribution in [-0.2, 0) is 11.2 Å². The van der Waals surface area contributed by atoms with Gasteiger partial charge in [0.15, 0.2) is 0 Å². The number of thiophene rings is 1. The average Bonchev–Trinajstić information content (AvgIpc) is 3.06. The lowest BCUT2D eigenvalue weighted by atomic mass is 10.1. The minimum absolute atomic E-state index is 0.0972. The van der Waals surface area contributed by atoms with Crippen molar-refractivity contribution >= 4 is 28.8 Å². The average molecular weight is 370 g/mol. The van der Waals surface area contributed by atoms with E-state index in [4.69, 9.17) is 0 Å². The Morgan fingerprint density at radius 1 is 1.08 bits per heavy atom. The summed E-state index contributed by atoms with van der Waals surface area (Å²) in [5.74, 6) is -0.961. The highest BCUT2D eigenvalue weighted by atomic mass is 32.1. The molecule has 2 amide bonds. The zero-order chi connectivity index (χ0) is 18.3. The third-order valence-corrected chi connectivity index (χ3v) is 4.22. The highest BCUT2D eigenvalue weighted by Gasteiger charge is 2.27. The molecule has 134 valence electrons. The van der Waals surface area contributed by atoms with Crippen LogP contribution in [0.25, 0.3) is 0 Å². The van der Waals surface area contributed by atoms with Gasteiger partial charge in [0, 0.05) is 22.5 Å². The number of alkyl halides is 3. The Morgan fingerprint density at radius 2 is 1.80 bits per heavy atom. The van der Waals surface area contributed by atoms with Crippen LogP contribution in [0.3, 0.4) is 0 Å². The van der Waals surface area contributed by atoms with E-state index in [1.165, 1.54) is 29.1 Å². The summed E-state index contributed by atoms with van der Waals surface area (Å²) in [4.78, 5) is 24.7. The Hall–Kier alpha value is -2.35. The summed E-state index contributed by atoms with van der Waals surface area (Å²) in [7, 11) is 0. The number of carbonyl (C=O) groups excluding carboxylic acids is 2. The van der Waals surface area contributed by atoms with Crippen molar-refractivity contribution in [3.05, 3.63) is 52.2 Å². The van der Waals surface area contributed by atoms with E-state index in [0.29, 0.717) is 12.1 Å². The lowest BCUT2D eigenvalue weighted by Crippen LogP contribution is -2.33. The van der Waals surface area contributed by atoms with Gasteiger partial charge in [0.1, 0.15) is 6.54 Å². The van der Waals surface area contributed by atoms with E-state index >= 15 is 0 Å². The fourth-order valence-corrected chi connectivity index (χ4v) is 2.84. The van der Waals surface area contributed by atoms with E-state index in [2.05, 4.69) is 5.32 Å². The minimum atomic E-state index is -4.45. The SMILES string of the molecule is O=C(CCCc1cccs1)Nc1ccc(C(=O)NCC(F)(F)F)cc1. The van der Waals surface area contributed by atoms with Crippen LogP contribution in [0.2, 0.25) is 0 Å². The molecule has 0 aliphatic heterocycles. The number of rotatable bonds is 7. The highest BCUT2D eigenvalue weighted by Crippen LogP contribution is 2.15. The molecule has 1 heterocycles. The van der Waals surface area contributed by atoms with Gasteiger partial charge in [-0.05, 0) is 48.6 Å². The van der Waals surface area contributed by atoms with E-state index in [1.807, 2.05) is 17.5 Å². The van der Waals surface area contributed by atoms with Gasteiger partial charge in [-0.15, -0.1) is 11.3 Å². The molecule has 0 aliphatic rings. The number of nitrogens with one attached hydrogen (secondary N) is 2. The molecule has 0 unspecified atom stereocenters. The molecule has 25 heavy (non-hydrogen) atoms. The molecule has 2 rings (SSSR count). The highest BCUT2D eigenvalue weighted by molar-refractivity contribution is 7.09. The number of carbonyl (C=O) groups is 2. The molecule has 0 bridgehead atoms. The molecular weight excluding hydrogens is 353 g/mol. The number of aryl methyl sites for hydroxylation is 1. The Labute approximate surface area is 147 Å². The Morgan fingerprint density at radius 3 is 2.40 bits per heavy atom. The standard InChI is InChI=1S/C17H17F3N2O2S/c18-17(19,20)11-21-16(24)12-6-8-13(9-7-12)22-15(23)5-1-3-14-4-2-10-25-14/h2,4,6-10H,1,3,5,11H2,(H,21,24)(H,22,23). The van der Waals surface area contributed by atoms with Crippen LogP contribution < -0.4 is 10.6 Å². The zero-order valence-corrected chi connectivity index (χ0v) is 14.0. The van der Waals surface area contributed by atoms with Gasteiger partial charge in [0.05, 0.1) is 0 Å². The molecule has 0 radical (unpaired) electrons. The number of hydrogen-bond donors (Lipinski definition) is 2. The molecule has 1 aromatic heterocycles. The number of amides is 2. The molecule has 0 atom stereocenters. The Kier molecular flexibility index (Phi) is 6.58. The van der Waals surface area contributed by atoms with E-state index in [9.17, 15) is 22.8 Å². The van der Waals surface area contributed by atoms with Crippen molar-refractivity contribution in [2.75, 3.05) is 11.9 Å². The first-order valence-electron chi connectivity index (χ1n) is 7.61. The predicted molar refractivity (Wildman–Crippen MR) is 90.7 cm³/mol. The monoisotopic (exact) mass is 370 g/mol. The van der Waals surface area contributed by atoms with Crippen LogP contribution in [0.4, 0.5) is 18.9 Å². The first kappa shape index (κ1) is 19.0. The summed E-state index contributed by atoms with van der Waals surface area (Å²) in [5, 5.41) is 6.48. The zero-order valence-electron chi connectivity index (χ0n) is 13.2. The third-order valence-electron chi connectivity index (χ3n) is 3.29. The van der Waals surface area contributed by atoms with E-state index in [1.54, 1.807) is 16.7 Å². The van der Waals surface area contributed by atoms with Gasteiger partial charge >= 0.3 is 6.18 Å². The quantitative estimate of drug-likeness (QED) is 0.774. The topological polar surface area (TPSA) is 58.2 Å². The molecule has 0 aliphatic carbocycles. The summed E-state index contributed by atoms with van der Waals surface area (Å²) >= 11 is 1.65. The van der Waals surface area contributed by atoms with Crippen molar-refractivity contribution in [1.82, 2.24) is 5.32 Å². The summed E-state index contributed by atoms with van der Waals surface area (Å²) in [6.07, 6.45) is -2.52. The summed E-state index contributed by atoms with van der Waals surface area (Å²) < 4.78 is 36.2. The second-order valence-electron chi connectivity index (χ2n) is 5.36. The number of anilines is 1. The first-order valence-corrected chi connectivity index (χ1v) is 8.49. The molecule has 0 spiro atoms. The maximum absolute atomic E-state index is 12.1. The third kappa shape index (κ3) is 6.96. The maximum atomic E-state index is 12.1. The maximum Gasteiger partial charge on any atom is 0.405 e. The second kappa shape index (κ2) is 8.66. The van der Waals surface area contributed by atoms with Gasteiger partial charge in [0.25, 0.3) is 5.91 Å². The van der Waals surface area contributed by atoms with Crippen LogP contribution in [0, 0.1) is 0 Å². The van der Waals surface area contributed by atoms with Gasteiger partial charge in [-0.1, -0.05) is 6.07 Å². The largest absolute Gasteiger partial charge is 0.405 e. The Bertz CT molecular complexity index is 698. The van der Waals surface area contributed by atoms with Gasteiger partial charge in [0.2, 0.25) is 5.91 Å². The fraction of sp³-hybridized carbons (Fsp3) is 0.294. The predicted octanol–water partition coefficient (Wildman–Crippen LogP) is 4.00. The normalized spacial score (nSPS) is 11.2. The number of hydrogen-bond acceptors (Lipinski definition) is 3. The van der Waals surface area contributed by atoms with Crippen molar-refractivity contribution in [1.29, 1.82) is 0 Å². The van der Waals surface area contributed by atoms with Crippen LogP contribution in [0.1, 0.15) is 28.1 Å². The van der Waals surface area contributed by atoms with Gasteiger partial charge in [-0.25, -0.2) is 0 Å². The molecule has 0 fully saturated rings. The molecule has 2 aromatic rings. The smallest absolute Gasteiger partial charge is 0.343 e. The van der Waals surface area contributed by atoms with E-state index in [0.717, 1.165) is 12.8 Å². The molecular formula is C17H17F3N2O2S. The summed E-state index contributed by atoms with van der Waals surface area (Å²) in [6, 6.07) is 9.69. The summed E-state index contributed by atoms with van der Waals surface area (Å²) in [5.41, 5.74) is 0.591. The molecule has 2 N–H and O–H groups in total. The number of benzene rings is 1. The van der Waals surface area contributed by atoms with Gasteiger partial charge in [-0.3, -0.25) is 9.59 Å². The number of halogens is 3. The fourth-order valence-electron chi connectivity index (χ4n) is 2.09. The van der Waals surface area contributed by atoms with E-state index in [-0.39, 0.29) is 11.5 Å². The van der Waals surface area contributed by atoms with Crippen molar-refractivity contribution in [3.8, 4) is 0 Å². The van der Waals surface area contributed by atoms with Crippen molar-refractivity contribution in [3.63, 3.8) is 0 Å². The van der Waals surface area contributed by atoms with Gasteiger partial charge in [-0.2, -0.15) is 13.2 Å². The van der Waals surface area contributed by atoms with Crippen molar-refractivity contribution in [2.24, 2.45) is 0 Å². The van der Waals surface area contributed by atoms with Crippen LogP contribution in [0.15, 0.2) is 41.8 Å². The Balaban J connectivity index is 1.77.